The van der Waals surface area contributed by atoms with E-state index in [0.29, 0.717) is 16.3 Å². The second-order valence-corrected chi connectivity index (χ2v) is 4.21. The van der Waals surface area contributed by atoms with Crippen molar-refractivity contribution in [3.05, 3.63) is 59.4 Å². The molecule has 2 aromatic rings. The molecule has 19 heavy (non-hydrogen) atoms. The van der Waals surface area contributed by atoms with Gasteiger partial charge in [-0.3, -0.25) is 14.7 Å². The number of halogens is 1. The van der Waals surface area contributed by atoms with E-state index >= 15 is 0 Å². The Balaban J connectivity index is 2.36. The van der Waals surface area contributed by atoms with Gasteiger partial charge in [-0.15, -0.1) is 0 Å². The van der Waals surface area contributed by atoms with Crippen LogP contribution in [-0.2, 0) is 0 Å². The predicted octanol–water partition coefficient (Wildman–Crippen LogP) is 2.91. The Morgan fingerprint density at radius 1 is 1.37 bits per heavy atom. The molecule has 1 aromatic heterocycles. The molecule has 0 bridgehead atoms. The molecule has 0 saturated heterocycles. The van der Waals surface area contributed by atoms with Gasteiger partial charge in [0.05, 0.1) is 11.6 Å². The average molecular weight is 272 g/mol. The molecular formula is C14H10ClN3O. The van der Waals surface area contributed by atoms with Gasteiger partial charge in [0.25, 0.3) is 5.91 Å². The number of carbonyl (C=O) groups excluding carboxylic acids is 1. The summed E-state index contributed by atoms with van der Waals surface area (Å²) in [7, 11) is 0. The molecule has 0 radical (unpaired) electrons. The van der Waals surface area contributed by atoms with Crippen molar-refractivity contribution in [2.75, 3.05) is 11.4 Å². The van der Waals surface area contributed by atoms with Gasteiger partial charge in [0.15, 0.2) is 0 Å². The first-order valence-corrected chi connectivity index (χ1v) is 5.94. The van der Waals surface area contributed by atoms with Crippen LogP contribution in [0.2, 0.25) is 5.02 Å². The zero-order valence-corrected chi connectivity index (χ0v) is 10.7. The third-order valence-electron chi connectivity index (χ3n) is 2.50. The molecule has 1 aromatic carbocycles. The Morgan fingerprint density at radius 3 is 2.84 bits per heavy atom. The lowest BCUT2D eigenvalue weighted by atomic mass is 10.2. The van der Waals surface area contributed by atoms with E-state index in [-0.39, 0.29) is 12.5 Å². The zero-order chi connectivity index (χ0) is 13.7. The molecule has 94 valence electrons. The Kier molecular flexibility index (Phi) is 4.11. The van der Waals surface area contributed by atoms with Crippen LogP contribution in [0.15, 0.2) is 48.8 Å². The number of benzene rings is 1. The van der Waals surface area contributed by atoms with E-state index in [9.17, 15) is 4.79 Å². The van der Waals surface area contributed by atoms with Crippen LogP contribution in [0.3, 0.4) is 0 Å². The minimum absolute atomic E-state index is 0.0475. The van der Waals surface area contributed by atoms with Gasteiger partial charge < -0.3 is 0 Å². The molecule has 0 fully saturated rings. The number of anilines is 1. The highest BCUT2D eigenvalue weighted by Gasteiger charge is 2.17. The van der Waals surface area contributed by atoms with Gasteiger partial charge in [-0.2, -0.15) is 5.26 Å². The molecule has 0 aliphatic heterocycles. The summed E-state index contributed by atoms with van der Waals surface area (Å²) in [6, 6.07) is 12.1. The summed E-state index contributed by atoms with van der Waals surface area (Å²) in [6.45, 7) is -0.0475. The average Bonchev–Trinajstić information content (AvgIpc) is 2.45. The van der Waals surface area contributed by atoms with E-state index in [1.54, 1.807) is 42.6 Å². The Bertz CT molecular complexity index is 622. The summed E-state index contributed by atoms with van der Waals surface area (Å²) in [6.07, 6.45) is 3.06. The van der Waals surface area contributed by atoms with Crippen molar-refractivity contribution in [3.63, 3.8) is 0 Å². The molecule has 0 aliphatic carbocycles. The lowest BCUT2D eigenvalue weighted by Crippen LogP contribution is -2.31. The van der Waals surface area contributed by atoms with Crippen molar-refractivity contribution < 1.29 is 4.79 Å². The van der Waals surface area contributed by atoms with Crippen LogP contribution in [0, 0.1) is 11.3 Å². The van der Waals surface area contributed by atoms with Crippen molar-refractivity contribution in [1.82, 2.24) is 4.98 Å². The molecule has 0 saturated carbocycles. The smallest absolute Gasteiger partial charge is 0.260 e. The van der Waals surface area contributed by atoms with E-state index in [2.05, 4.69) is 4.98 Å². The van der Waals surface area contributed by atoms with Crippen LogP contribution >= 0.6 is 11.6 Å². The second-order valence-electron chi connectivity index (χ2n) is 3.77. The minimum atomic E-state index is -0.281. The van der Waals surface area contributed by atoms with Crippen molar-refractivity contribution in [3.8, 4) is 6.07 Å². The first-order valence-electron chi connectivity index (χ1n) is 5.57. The number of amides is 1. The fraction of sp³-hybridized carbons (Fsp3) is 0.0714. The highest BCUT2D eigenvalue weighted by Crippen LogP contribution is 2.21. The van der Waals surface area contributed by atoms with Gasteiger partial charge in [-0.1, -0.05) is 17.7 Å². The topological polar surface area (TPSA) is 57.0 Å². The SMILES string of the molecule is N#CCN(C(=O)c1cccnc1)c1cccc(Cl)c1. The fourth-order valence-corrected chi connectivity index (χ4v) is 1.82. The van der Waals surface area contributed by atoms with Gasteiger partial charge in [0.2, 0.25) is 0 Å². The zero-order valence-electron chi connectivity index (χ0n) is 9.95. The molecule has 0 aliphatic rings. The van der Waals surface area contributed by atoms with E-state index in [1.807, 2.05) is 6.07 Å². The van der Waals surface area contributed by atoms with Crippen molar-refractivity contribution in [1.29, 1.82) is 5.26 Å². The van der Waals surface area contributed by atoms with Gasteiger partial charge in [0, 0.05) is 23.1 Å². The van der Waals surface area contributed by atoms with Crippen LogP contribution in [0.5, 0.6) is 0 Å². The van der Waals surface area contributed by atoms with Crippen LogP contribution in [0.25, 0.3) is 0 Å². The summed E-state index contributed by atoms with van der Waals surface area (Å²) in [4.78, 5) is 17.6. The summed E-state index contributed by atoms with van der Waals surface area (Å²) >= 11 is 5.91. The maximum atomic E-state index is 12.3. The third-order valence-corrected chi connectivity index (χ3v) is 2.74. The maximum Gasteiger partial charge on any atom is 0.260 e. The van der Waals surface area contributed by atoms with E-state index < -0.39 is 0 Å². The number of hydrogen-bond donors (Lipinski definition) is 0. The number of aromatic nitrogens is 1. The minimum Gasteiger partial charge on any atom is -0.294 e. The summed E-state index contributed by atoms with van der Waals surface area (Å²) in [5.74, 6) is -0.281. The molecule has 0 N–H and O–H groups in total. The number of hydrogen-bond acceptors (Lipinski definition) is 3. The monoisotopic (exact) mass is 271 g/mol. The number of nitriles is 1. The number of rotatable bonds is 3. The van der Waals surface area contributed by atoms with Crippen LogP contribution in [0.1, 0.15) is 10.4 Å². The molecule has 0 spiro atoms. The standard InChI is InChI=1S/C14H10ClN3O/c15-12-4-1-5-13(9-12)18(8-6-16)14(19)11-3-2-7-17-10-11/h1-5,7,9-10H,8H2. The lowest BCUT2D eigenvalue weighted by molar-refractivity contribution is 0.0989. The second kappa shape index (κ2) is 5.98. The molecule has 1 heterocycles. The van der Waals surface area contributed by atoms with Crippen molar-refractivity contribution >= 4 is 23.2 Å². The summed E-state index contributed by atoms with van der Waals surface area (Å²) < 4.78 is 0. The van der Waals surface area contributed by atoms with Gasteiger partial charge >= 0.3 is 0 Å². The molecule has 5 heteroatoms. The highest BCUT2D eigenvalue weighted by molar-refractivity contribution is 6.31. The summed E-state index contributed by atoms with van der Waals surface area (Å²) in [5.41, 5.74) is 1.01. The molecule has 2 rings (SSSR count). The predicted molar refractivity (Wildman–Crippen MR) is 73.0 cm³/mol. The van der Waals surface area contributed by atoms with Gasteiger partial charge in [-0.25, -0.2) is 0 Å². The van der Waals surface area contributed by atoms with E-state index in [4.69, 9.17) is 16.9 Å². The summed E-state index contributed by atoms with van der Waals surface area (Å²) in [5, 5.41) is 9.38. The quantitative estimate of drug-likeness (QED) is 0.807. The van der Waals surface area contributed by atoms with Crippen LogP contribution in [0.4, 0.5) is 5.69 Å². The lowest BCUT2D eigenvalue weighted by Gasteiger charge is -2.19. The Hall–Kier alpha value is -2.38. The van der Waals surface area contributed by atoms with Crippen molar-refractivity contribution in [2.24, 2.45) is 0 Å². The van der Waals surface area contributed by atoms with E-state index in [1.165, 1.54) is 11.1 Å². The molecule has 0 unspecified atom stereocenters. The highest BCUT2D eigenvalue weighted by atomic mass is 35.5. The molecule has 4 nitrogen and oxygen atoms in total. The first-order chi connectivity index (χ1) is 9.22. The Morgan fingerprint density at radius 2 is 2.21 bits per heavy atom. The number of pyridine rings is 1. The van der Waals surface area contributed by atoms with Crippen molar-refractivity contribution in [2.45, 2.75) is 0 Å². The first kappa shape index (κ1) is 13.1. The van der Waals surface area contributed by atoms with Gasteiger partial charge in [-0.05, 0) is 30.3 Å². The van der Waals surface area contributed by atoms with E-state index in [0.717, 1.165) is 0 Å². The molecule has 1 amide bonds. The van der Waals surface area contributed by atoms with Gasteiger partial charge in [0.1, 0.15) is 6.54 Å². The maximum absolute atomic E-state index is 12.3. The third kappa shape index (κ3) is 3.09. The largest absolute Gasteiger partial charge is 0.294 e. The molecule has 0 atom stereocenters. The number of carbonyl (C=O) groups is 1. The number of nitrogens with zero attached hydrogens (tertiary/aromatic N) is 3. The van der Waals surface area contributed by atoms with Crippen LogP contribution < -0.4 is 4.90 Å². The Labute approximate surface area is 115 Å². The van der Waals surface area contributed by atoms with Crippen LogP contribution in [-0.4, -0.2) is 17.4 Å². The normalized spacial score (nSPS) is 9.68. The molecular weight excluding hydrogens is 262 g/mol. The fourth-order valence-electron chi connectivity index (χ4n) is 1.64.